The van der Waals surface area contributed by atoms with E-state index in [2.05, 4.69) is 44.6 Å². The summed E-state index contributed by atoms with van der Waals surface area (Å²) in [5.74, 6) is 1.01. The van der Waals surface area contributed by atoms with Crippen molar-refractivity contribution in [1.29, 1.82) is 0 Å². The monoisotopic (exact) mass is 221 g/mol. The molecule has 3 heteroatoms. The Morgan fingerprint density at radius 2 is 2.00 bits per heavy atom. The molecule has 90 valence electrons. The Kier molecular flexibility index (Phi) is 3.92. The van der Waals surface area contributed by atoms with Crippen LogP contribution in [-0.4, -0.2) is 18.6 Å². The Bertz CT molecular complexity index is 353. The number of hydrogen-bond acceptors (Lipinski definition) is 3. The van der Waals surface area contributed by atoms with Gasteiger partial charge in [-0.1, -0.05) is 20.8 Å². The van der Waals surface area contributed by atoms with E-state index in [0.717, 1.165) is 17.9 Å². The molecule has 1 aromatic heterocycles. The highest BCUT2D eigenvalue weighted by atomic mass is 15.2. The summed E-state index contributed by atoms with van der Waals surface area (Å²) < 4.78 is 0. The molecule has 0 bridgehead atoms. The van der Waals surface area contributed by atoms with Crippen molar-refractivity contribution in [2.45, 2.75) is 34.2 Å². The van der Waals surface area contributed by atoms with Gasteiger partial charge in [-0.15, -0.1) is 0 Å². The van der Waals surface area contributed by atoms with Gasteiger partial charge >= 0.3 is 0 Å². The molecular formula is C13H23N3. The van der Waals surface area contributed by atoms with Gasteiger partial charge in [-0.2, -0.15) is 0 Å². The summed E-state index contributed by atoms with van der Waals surface area (Å²) in [5.41, 5.74) is 8.41. The summed E-state index contributed by atoms with van der Waals surface area (Å²) in [7, 11) is 2.08. The van der Waals surface area contributed by atoms with E-state index in [4.69, 9.17) is 5.73 Å². The van der Waals surface area contributed by atoms with E-state index >= 15 is 0 Å². The zero-order valence-corrected chi connectivity index (χ0v) is 11.0. The van der Waals surface area contributed by atoms with E-state index < -0.39 is 0 Å². The first-order valence-electron chi connectivity index (χ1n) is 5.71. The molecule has 0 aliphatic heterocycles. The number of nitrogens with two attached hydrogens (primary N) is 1. The minimum absolute atomic E-state index is 0.256. The van der Waals surface area contributed by atoms with Crippen LogP contribution in [0, 0.1) is 12.3 Å². The Labute approximate surface area is 98.7 Å². The molecule has 0 fully saturated rings. The van der Waals surface area contributed by atoms with Gasteiger partial charge in [-0.25, -0.2) is 4.98 Å². The second-order valence-electron chi connectivity index (χ2n) is 5.55. The van der Waals surface area contributed by atoms with Crippen LogP contribution in [0.1, 0.15) is 31.9 Å². The Hall–Kier alpha value is -1.09. The maximum absolute atomic E-state index is 5.79. The van der Waals surface area contributed by atoms with Gasteiger partial charge in [0.25, 0.3) is 0 Å². The van der Waals surface area contributed by atoms with Crippen molar-refractivity contribution in [3.8, 4) is 0 Å². The van der Waals surface area contributed by atoms with Crippen LogP contribution < -0.4 is 10.6 Å². The maximum atomic E-state index is 5.79. The van der Waals surface area contributed by atoms with Crippen molar-refractivity contribution in [3.63, 3.8) is 0 Å². The lowest BCUT2D eigenvalue weighted by Crippen LogP contribution is -2.31. The van der Waals surface area contributed by atoms with E-state index in [1.807, 2.05) is 12.3 Å². The molecule has 0 saturated heterocycles. The normalized spacial score (nSPS) is 11.6. The SMILES string of the molecule is Cc1ccnc(N(C)CC(C)(C)C)c1CN. The average Bonchev–Trinajstić information content (AvgIpc) is 2.14. The van der Waals surface area contributed by atoms with Crippen molar-refractivity contribution in [2.75, 3.05) is 18.5 Å². The summed E-state index contributed by atoms with van der Waals surface area (Å²) >= 11 is 0. The van der Waals surface area contributed by atoms with Crippen LogP contribution in [0.3, 0.4) is 0 Å². The van der Waals surface area contributed by atoms with Gasteiger partial charge in [0.2, 0.25) is 0 Å². The smallest absolute Gasteiger partial charge is 0.133 e. The first-order chi connectivity index (χ1) is 7.35. The van der Waals surface area contributed by atoms with Crippen molar-refractivity contribution in [2.24, 2.45) is 11.1 Å². The predicted octanol–water partition coefficient (Wildman–Crippen LogP) is 2.33. The first kappa shape index (κ1) is 13.0. The van der Waals surface area contributed by atoms with Gasteiger partial charge in [0, 0.05) is 31.9 Å². The molecule has 0 amide bonds. The van der Waals surface area contributed by atoms with Crippen LogP contribution in [0.5, 0.6) is 0 Å². The molecule has 0 aromatic carbocycles. The van der Waals surface area contributed by atoms with Crippen molar-refractivity contribution < 1.29 is 0 Å². The number of hydrogen-bond donors (Lipinski definition) is 1. The molecule has 1 aromatic rings. The quantitative estimate of drug-likeness (QED) is 0.851. The number of anilines is 1. The van der Waals surface area contributed by atoms with Gasteiger partial charge in [0.05, 0.1) is 0 Å². The Morgan fingerprint density at radius 1 is 1.38 bits per heavy atom. The summed E-state index contributed by atoms with van der Waals surface area (Å²) in [6.07, 6.45) is 1.85. The topological polar surface area (TPSA) is 42.2 Å². The fourth-order valence-corrected chi connectivity index (χ4v) is 1.94. The third-order valence-electron chi connectivity index (χ3n) is 2.54. The lowest BCUT2D eigenvalue weighted by Gasteiger charge is -2.29. The number of nitrogens with zero attached hydrogens (tertiary/aromatic N) is 2. The van der Waals surface area contributed by atoms with E-state index in [1.54, 1.807) is 0 Å². The van der Waals surface area contributed by atoms with Crippen molar-refractivity contribution in [3.05, 3.63) is 23.4 Å². The number of pyridine rings is 1. The minimum Gasteiger partial charge on any atom is -0.359 e. The fourth-order valence-electron chi connectivity index (χ4n) is 1.94. The number of rotatable bonds is 3. The molecule has 0 unspecified atom stereocenters. The molecule has 1 heterocycles. The summed E-state index contributed by atoms with van der Waals surface area (Å²) in [4.78, 5) is 6.63. The minimum atomic E-state index is 0.256. The summed E-state index contributed by atoms with van der Waals surface area (Å²) in [6, 6.07) is 2.01. The molecule has 0 spiro atoms. The van der Waals surface area contributed by atoms with Gasteiger partial charge in [0.15, 0.2) is 0 Å². The predicted molar refractivity (Wildman–Crippen MR) is 69.6 cm³/mol. The molecule has 3 nitrogen and oxygen atoms in total. The standard InChI is InChI=1S/C13H23N3/c1-10-6-7-15-12(11(10)8-14)16(5)9-13(2,3)4/h6-7H,8-9,14H2,1-5H3. The average molecular weight is 221 g/mol. The van der Waals surface area contributed by atoms with Crippen LogP contribution in [0.4, 0.5) is 5.82 Å². The third kappa shape index (κ3) is 3.20. The third-order valence-corrected chi connectivity index (χ3v) is 2.54. The van der Waals surface area contributed by atoms with Crippen LogP contribution >= 0.6 is 0 Å². The van der Waals surface area contributed by atoms with Crippen LogP contribution in [0.25, 0.3) is 0 Å². The zero-order valence-electron chi connectivity index (χ0n) is 11.0. The lowest BCUT2D eigenvalue weighted by atomic mass is 9.96. The van der Waals surface area contributed by atoms with Crippen molar-refractivity contribution >= 4 is 5.82 Å². The van der Waals surface area contributed by atoms with Crippen LogP contribution in [0.2, 0.25) is 0 Å². The van der Waals surface area contributed by atoms with Gasteiger partial charge in [-0.3, -0.25) is 0 Å². The van der Waals surface area contributed by atoms with E-state index in [0.29, 0.717) is 6.54 Å². The molecule has 0 saturated carbocycles. The molecular weight excluding hydrogens is 198 g/mol. The Morgan fingerprint density at radius 3 is 2.50 bits per heavy atom. The Balaban J connectivity index is 2.99. The molecule has 0 aliphatic rings. The van der Waals surface area contributed by atoms with E-state index in [1.165, 1.54) is 5.56 Å². The van der Waals surface area contributed by atoms with Gasteiger partial charge in [-0.05, 0) is 24.0 Å². The van der Waals surface area contributed by atoms with E-state index in [9.17, 15) is 0 Å². The van der Waals surface area contributed by atoms with E-state index in [-0.39, 0.29) is 5.41 Å². The second kappa shape index (κ2) is 4.83. The summed E-state index contributed by atoms with van der Waals surface area (Å²) in [6.45, 7) is 10.3. The number of aromatic nitrogens is 1. The second-order valence-corrected chi connectivity index (χ2v) is 5.55. The molecule has 1 rings (SSSR count). The fraction of sp³-hybridized carbons (Fsp3) is 0.615. The highest BCUT2D eigenvalue weighted by Crippen LogP contribution is 2.23. The van der Waals surface area contributed by atoms with Gasteiger partial charge in [0.1, 0.15) is 5.82 Å². The zero-order chi connectivity index (χ0) is 12.3. The van der Waals surface area contributed by atoms with Crippen molar-refractivity contribution in [1.82, 2.24) is 4.98 Å². The molecule has 0 atom stereocenters. The first-order valence-corrected chi connectivity index (χ1v) is 5.71. The molecule has 0 radical (unpaired) electrons. The van der Waals surface area contributed by atoms with Crippen LogP contribution in [0.15, 0.2) is 12.3 Å². The highest BCUT2D eigenvalue weighted by Gasteiger charge is 2.17. The van der Waals surface area contributed by atoms with Crippen LogP contribution in [-0.2, 0) is 6.54 Å². The molecule has 0 aliphatic carbocycles. The largest absolute Gasteiger partial charge is 0.359 e. The van der Waals surface area contributed by atoms with Gasteiger partial charge < -0.3 is 10.6 Å². The summed E-state index contributed by atoms with van der Waals surface area (Å²) in [5, 5.41) is 0. The molecule has 2 N–H and O–H groups in total. The lowest BCUT2D eigenvalue weighted by molar-refractivity contribution is 0.417. The maximum Gasteiger partial charge on any atom is 0.133 e. The number of aryl methyl sites for hydroxylation is 1. The highest BCUT2D eigenvalue weighted by molar-refractivity contribution is 5.49. The molecule has 16 heavy (non-hydrogen) atoms.